The number of hydrogen-bond acceptors (Lipinski definition) is 30. The largest absolute Gasteiger partial charge is 0.508 e. The highest BCUT2D eigenvalue weighted by molar-refractivity contribution is 5.75. The Kier molecular flexibility index (Phi) is 15.9. The topological polar surface area (TPSA) is 552 Å². The van der Waals surface area contributed by atoms with Gasteiger partial charge in [0.25, 0.3) is 0 Å². The van der Waals surface area contributed by atoms with Crippen LogP contribution in [0.25, 0.3) is 0 Å². The molecule has 0 aromatic heterocycles. The second kappa shape index (κ2) is 24.6. The maximum atomic E-state index is 13.4. The van der Waals surface area contributed by atoms with E-state index in [1.165, 1.54) is 12.1 Å². The molecule has 0 spiro atoms. The molecule has 0 bridgehead atoms. The number of fused-ring (bicyclic) bond motifs is 5. The number of rotatable bonds is 9. The molecule has 0 radical (unpaired) electrons. The minimum absolute atomic E-state index is 0.0507. The van der Waals surface area contributed by atoms with Gasteiger partial charge in [0.2, 0.25) is 0 Å². The second-order valence-corrected chi connectivity index (χ2v) is 26.3. The Labute approximate surface area is 589 Å². The molecule has 5 aliphatic heterocycles. The number of benzene rings is 10. The quantitative estimate of drug-likeness (QED) is 0.0628. The molecule has 15 rings (SSSR count). The normalized spacial score (nSPS) is 24.2. The van der Waals surface area contributed by atoms with Gasteiger partial charge in [0.05, 0.1) is 29.8 Å². The van der Waals surface area contributed by atoms with Crippen molar-refractivity contribution in [2.45, 2.75) is 91.1 Å². The van der Waals surface area contributed by atoms with Crippen molar-refractivity contribution in [1.82, 2.24) is 0 Å². The van der Waals surface area contributed by atoms with Crippen molar-refractivity contribution in [2.75, 3.05) is 0 Å². The number of phenolic OH excluding ortho intramolecular Hbond substituents is 20. The van der Waals surface area contributed by atoms with Crippen LogP contribution in [0, 0.1) is 0 Å². The molecule has 0 aliphatic carbocycles. The molecule has 10 aromatic carbocycles. The van der Waals surface area contributed by atoms with Crippen LogP contribution < -0.4 is 23.7 Å². The van der Waals surface area contributed by atoms with Crippen LogP contribution in [0.3, 0.4) is 0 Å². The summed E-state index contributed by atoms with van der Waals surface area (Å²) in [7, 11) is 0. The van der Waals surface area contributed by atoms with E-state index in [-0.39, 0.29) is 50.4 Å². The van der Waals surface area contributed by atoms with Crippen molar-refractivity contribution in [1.29, 1.82) is 0 Å². The third-order valence-electron chi connectivity index (χ3n) is 20.2. The Balaban J connectivity index is 0.984. The lowest BCUT2D eigenvalue weighted by molar-refractivity contribution is -0.00964. The van der Waals surface area contributed by atoms with Gasteiger partial charge >= 0.3 is 0 Å². The average molecular weight is 1440 g/mol. The first-order valence-corrected chi connectivity index (χ1v) is 32.1. The molecular weight excluding hydrogens is 1380 g/mol. The highest BCUT2D eigenvalue weighted by atomic mass is 16.5. The smallest absolute Gasteiger partial charge is 0.157 e. The summed E-state index contributed by atoms with van der Waals surface area (Å²) in [6, 6.07) is 21.0. The highest BCUT2D eigenvalue weighted by Crippen LogP contribution is 2.67. The van der Waals surface area contributed by atoms with Crippen molar-refractivity contribution in [2.24, 2.45) is 0 Å². The summed E-state index contributed by atoms with van der Waals surface area (Å²) in [5.41, 5.74) is -5.72. The van der Waals surface area contributed by atoms with Crippen LogP contribution in [0.5, 0.6) is 144 Å². The monoisotopic (exact) mass is 1440 g/mol. The Morgan fingerprint density at radius 2 is 0.495 bits per heavy atom. The first-order valence-electron chi connectivity index (χ1n) is 32.1. The van der Waals surface area contributed by atoms with Crippen LogP contribution in [0.2, 0.25) is 0 Å². The number of aliphatic hydroxyl groups is 5. The van der Waals surface area contributed by atoms with E-state index in [0.717, 1.165) is 97.1 Å². The van der Waals surface area contributed by atoms with Gasteiger partial charge in [-0.1, -0.05) is 30.3 Å². The molecule has 5 aliphatic rings. The summed E-state index contributed by atoms with van der Waals surface area (Å²) < 4.78 is 32.4. The van der Waals surface area contributed by atoms with Crippen molar-refractivity contribution in [3.63, 3.8) is 0 Å². The second-order valence-electron chi connectivity index (χ2n) is 26.3. The zero-order chi connectivity index (χ0) is 74.7. The molecule has 542 valence electrons. The number of phenols is 20. The fourth-order valence-corrected chi connectivity index (χ4v) is 15.4. The molecule has 30 nitrogen and oxygen atoms in total. The van der Waals surface area contributed by atoms with Crippen LogP contribution >= 0.6 is 0 Å². The lowest BCUT2D eigenvalue weighted by Gasteiger charge is -2.45. The minimum Gasteiger partial charge on any atom is -0.508 e. The van der Waals surface area contributed by atoms with Gasteiger partial charge in [0.15, 0.2) is 81.9 Å². The van der Waals surface area contributed by atoms with Crippen LogP contribution in [0.15, 0.2) is 127 Å². The van der Waals surface area contributed by atoms with Crippen LogP contribution in [0.1, 0.15) is 132 Å². The fraction of sp³-hybridized carbons (Fsp3) is 0.200. The summed E-state index contributed by atoms with van der Waals surface area (Å²) in [4.78, 5) is 0. The van der Waals surface area contributed by atoms with E-state index in [1.54, 1.807) is 0 Å². The Hall–Kier alpha value is -13.0. The highest BCUT2D eigenvalue weighted by Gasteiger charge is 2.55. The lowest BCUT2D eigenvalue weighted by atomic mass is 9.71. The molecule has 0 fully saturated rings. The molecule has 0 saturated heterocycles. The van der Waals surface area contributed by atoms with Gasteiger partial charge in [0.1, 0.15) is 117 Å². The summed E-state index contributed by atoms with van der Waals surface area (Å²) in [5, 5.41) is 294. The van der Waals surface area contributed by atoms with Crippen LogP contribution in [0.4, 0.5) is 0 Å². The zero-order valence-electron chi connectivity index (χ0n) is 53.6. The number of aliphatic hydroxyl groups excluding tert-OH is 5. The van der Waals surface area contributed by atoms with Crippen LogP contribution in [-0.2, 0) is 6.42 Å². The van der Waals surface area contributed by atoms with Gasteiger partial charge in [-0.25, -0.2) is 0 Å². The fourth-order valence-electron chi connectivity index (χ4n) is 15.4. The van der Waals surface area contributed by atoms with Crippen molar-refractivity contribution in [3.05, 3.63) is 205 Å². The number of hydrogen-bond donors (Lipinski definition) is 25. The van der Waals surface area contributed by atoms with Crippen LogP contribution in [-0.4, -0.2) is 158 Å². The predicted octanol–water partition coefficient (Wildman–Crippen LogP) is 7.34. The van der Waals surface area contributed by atoms with E-state index in [4.69, 9.17) is 23.7 Å². The molecule has 10 aromatic rings. The molecule has 0 saturated carbocycles. The molecule has 14 atom stereocenters. The first-order chi connectivity index (χ1) is 49.9. The molecular formula is C75H62O30. The SMILES string of the molecule is Oc1cc(O)c2c(c1)OC(c1ccc(O)c(O)c1)C(O)C2c1c(O)cc(O)c2c1OC(c1ccc(O)c(O)c1)C(O)C2c1c(O)cc(O)c2c1OC(c1ccc(O)c(O)c1)C(O)C2c1c(O)cc(O)c2c1OC(c1ccc(O)c(O)c1)C(O)C2c1c(O)cc2c(c1O)CC(O)C(c1ccc(O)c(O)c1)O2. The van der Waals surface area contributed by atoms with Gasteiger partial charge in [0, 0.05) is 92.9 Å². The van der Waals surface area contributed by atoms with E-state index < -0.39 is 262 Å². The molecule has 5 heterocycles. The molecule has 105 heavy (non-hydrogen) atoms. The summed E-state index contributed by atoms with van der Waals surface area (Å²) in [5.74, 6) is -27.2. The van der Waals surface area contributed by atoms with Gasteiger partial charge in [-0.2, -0.15) is 0 Å². The van der Waals surface area contributed by atoms with Crippen molar-refractivity contribution < 1.29 is 151 Å². The summed E-state index contributed by atoms with van der Waals surface area (Å²) in [6.07, 6.45) is -19.7. The molecule has 25 N–H and O–H groups in total. The number of ether oxygens (including phenoxy) is 5. The van der Waals surface area contributed by atoms with Crippen molar-refractivity contribution >= 4 is 0 Å². The van der Waals surface area contributed by atoms with Gasteiger partial charge in [-0.15, -0.1) is 0 Å². The average Bonchev–Trinajstić information content (AvgIpc) is 0.709. The standard InChI is InChI=1S/C75H62O30/c76-28-16-40(87)51-50(17-28)102-69(24-2-7-31(78)36(83)12-24)64(97)59(51)53-41(88)19-43(90)55-61(66(99)71(104-73(53)55)26-4-9-33(80)38(85)14-26)57-45(92)21-46(93)58-62(67(100)72(105-75(57)58)27-5-10-34(81)39(86)15-27)56-44(91)20-42(89)54-60(65(98)70(103-74(54)56)25-3-8-32(79)37(84)13-25)52-47(94)22-49-29(63(52)96)18-48(95)68(101-49)23-1-6-30(77)35(82)11-23/h1-17,19-22,48,59-62,64-72,76-100H,18H2. The lowest BCUT2D eigenvalue weighted by Crippen LogP contribution is -2.40. The minimum atomic E-state index is -2.30. The maximum absolute atomic E-state index is 13.4. The summed E-state index contributed by atoms with van der Waals surface area (Å²) in [6.45, 7) is 0. The first kappa shape index (κ1) is 67.8. The third kappa shape index (κ3) is 10.7. The van der Waals surface area contributed by atoms with E-state index in [0.29, 0.717) is 18.2 Å². The predicted molar refractivity (Wildman–Crippen MR) is 356 cm³/mol. The Morgan fingerprint density at radius 1 is 0.229 bits per heavy atom. The van der Waals surface area contributed by atoms with E-state index >= 15 is 0 Å². The zero-order valence-corrected chi connectivity index (χ0v) is 53.6. The van der Waals surface area contributed by atoms with E-state index in [2.05, 4.69) is 0 Å². The van der Waals surface area contributed by atoms with E-state index in [9.17, 15) is 128 Å². The number of aromatic hydroxyl groups is 20. The third-order valence-corrected chi connectivity index (χ3v) is 20.2. The van der Waals surface area contributed by atoms with Crippen molar-refractivity contribution in [3.8, 4) is 144 Å². The molecule has 14 unspecified atom stereocenters. The Bertz CT molecular complexity index is 5270. The van der Waals surface area contributed by atoms with Gasteiger partial charge in [-0.3, -0.25) is 0 Å². The van der Waals surface area contributed by atoms with Gasteiger partial charge < -0.3 is 151 Å². The van der Waals surface area contributed by atoms with E-state index in [1.807, 2.05) is 0 Å². The maximum Gasteiger partial charge on any atom is 0.157 e. The van der Waals surface area contributed by atoms with Gasteiger partial charge in [-0.05, 0) is 88.5 Å². The molecule has 30 heteroatoms. The molecule has 0 amide bonds. The summed E-state index contributed by atoms with van der Waals surface area (Å²) >= 11 is 0. The Morgan fingerprint density at radius 3 is 0.819 bits per heavy atom.